The normalized spacial score (nSPS) is 20.4. The number of nitrogens with one attached hydrogen (secondary N) is 2. The van der Waals surface area contributed by atoms with Crippen molar-refractivity contribution in [2.24, 2.45) is 0 Å². The molecule has 0 spiro atoms. The number of anilines is 2. The number of carbonyl (C=O) groups excluding carboxylic acids is 2. The quantitative estimate of drug-likeness (QED) is 0.406. The van der Waals surface area contributed by atoms with E-state index in [1.54, 1.807) is 18.2 Å². The predicted octanol–water partition coefficient (Wildman–Crippen LogP) is 3.05. The lowest BCUT2D eigenvalue weighted by molar-refractivity contribution is -0.115. The van der Waals surface area contributed by atoms with Gasteiger partial charge in [-0.1, -0.05) is 24.3 Å². The minimum Gasteiger partial charge on any atom is -0.395 e. The van der Waals surface area contributed by atoms with E-state index in [1.165, 1.54) is 11.3 Å². The van der Waals surface area contributed by atoms with E-state index < -0.39 is 5.41 Å². The lowest BCUT2D eigenvalue weighted by Gasteiger charge is -2.40. The fourth-order valence-corrected chi connectivity index (χ4v) is 5.56. The number of thiazole rings is 1. The Labute approximate surface area is 225 Å². The molecule has 0 bridgehead atoms. The number of morpholine rings is 1. The van der Waals surface area contributed by atoms with Crippen LogP contribution in [0.2, 0.25) is 0 Å². The van der Waals surface area contributed by atoms with Crippen molar-refractivity contribution in [1.29, 1.82) is 0 Å². The summed E-state index contributed by atoms with van der Waals surface area (Å²) >= 11 is 1.34. The monoisotopic (exact) mass is 536 g/mol. The van der Waals surface area contributed by atoms with Gasteiger partial charge >= 0.3 is 0 Å². The number of carbonyl (C=O) groups is 2. The van der Waals surface area contributed by atoms with E-state index in [0.717, 1.165) is 35.6 Å². The Bertz CT molecular complexity index is 1290. The molecule has 3 aromatic rings. The zero-order valence-corrected chi connectivity index (χ0v) is 22.3. The second-order valence-corrected chi connectivity index (χ2v) is 10.9. The van der Waals surface area contributed by atoms with Crippen LogP contribution in [0.4, 0.5) is 10.8 Å². The molecule has 2 fully saturated rings. The standard InChI is InChI=1S/C28H32N4O5S/c1-18-12-32(13-19(2)37-18)23-8-4-5-20(10-23)24-14-38-27(30-24)31-25(34)11-29-26(35)21-6-3-7-22(9-21)28(15-33)16-36-17-28/h3-10,14,18-19,33H,11-13,15-17H2,1-2H3,(H,29,35)(H,30,31,34)/t18-,19+. The van der Waals surface area contributed by atoms with Crippen LogP contribution in [0.3, 0.4) is 0 Å². The molecule has 2 saturated heterocycles. The molecule has 3 heterocycles. The van der Waals surface area contributed by atoms with Crippen molar-refractivity contribution in [3.63, 3.8) is 0 Å². The summed E-state index contributed by atoms with van der Waals surface area (Å²) in [6.45, 7) is 6.43. The Balaban J connectivity index is 1.17. The Hall–Kier alpha value is -3.31. The molecule has 0 radical (unpaired) electrons. The van der Waals surface area contributed by atoms with Gasteiger partial charge in [0, 0.05) is 35.3 Å². The van der Waals surface area contributed by atoms with Crippen LogP contribution < -0.4 is 15.5 Å². The molecule has 9 nitrogen and oxygen atoms in total. The van der Waals surface area contributed by atoms with Gasteiger partial charge in [-0.3, -0.25) is 9.59 Å². The summed E-state index contributed by atoms with van der Waals surface area (Å²) in [6.07, 6.45) is 0.338. The lowest BCUT2D eigenvalue weighted by Crippen LogP contribution is -2.49. The van der Waals surface area contributed by atoms with Crippen LogP contribution >= 0.6 is 11.3 Å². The smallest absolute Gasteiger partial charge is 0.251 e. The third-order valence-corrected chi connectivity index (χ3v) is 7.64. The van der Waals surface area contributed by atoms with Gasteiger partial charge in [-0.05, 0) is 43.7 Å². The van der Waals surface area contributed by atoms with E-state index in [9.17, 15) is 14.7 Å². The molecule has 0 saturated carbocycles. The third kappa shape index (κ3) is 5.73. The first-order chi connectivity index (χ1) is 18.3. The van der Waals surface area contributed by atoms with Gasteiger partial charge in [-0.15, -0.1) is 11.3 Å². The number of amides is 2. The summed E-state index contributed by atoms with van der Waals surface area (Å²) in [4.78, 5) is 32.1. The molecule has 2 aliphatic rings. The van der Waals surface area contributed by atoms with Crippen LogP contribution in [0.5, 0.6) is 0 Å². The van der Waals surface area contributed by atoms with Gasteiger partial charge in [0.05, 0.1) is 49.7 Å². The number of rotatable bonds is 8. The topological polar surface area (TPSA) is 113 Å². The summed E-state index contributed by atoms with van der Waals surface area (Å²) in [5, 5.41) is 17.6. The Kier molecular flexibility index (Phi) is 7.75. The van der Waals surface area contributed by atoms with Crippen molar-refractivity contribution in [3.05, 3.63) is 65.0 Å². The number of hydrogen-bond acceptors (Lipinski definition) is 8. The molecule has 10 heteroatoms. The van der Waals surface area contributed by atoms with Gasteiger partial charge in [0.15, 0.2) is 5.13 Å². The minimum absolute atomic E-state index is 0.0494. The van der Waals surface area contributed by atoms with E-state index in [0.29, 0.717) is 23.9 Å². The molecule has 2 aromatic carbocycles. The SMILES string of the molecule is C[C@@H]1CN(c2cccc(-c3csc(NC(=O)CNC(=O)c4cccc(C5(CO)COC5)c4)n3)c2)C[C@H](C)O1. The summed E-state index contributed by atoms with van der Waals surface area (Å²) in [5.74, 6) is -0.724. The Morgan fingerprint density at radius 3 is 2.61 bits per heavy atom. The summed E-state index contributed by atoms with van der Waals surface area (Å²) < 4.78 is 11.1. The number of nitrogens with zero attached hydrogens (tertiary/aromatic N) is 2. The molecular formula is C28H32N4O5S. The fraction of sp³-hybridized carbons (Fsp3) is 0.393. The number of ether oxygens (including phenoxy) is 2. The highest BCUT2D eigenvalue weighted by atomic mass is 32.1. The van der Waals surface area contributed by atoms with Crippen LogP contribution in [0.25, 0.3) is 11.3 Å². The number of aromatic nitrogens is 1. The minimum atomic E-state index is -0.464. The molecule has 3 N–H and O–H groups in total. The summed E-state index contributed by atoms with van der Waals surface area (Å²) in [5.41, 5.74) is 3.67. The average Bonchev–Trinajstić information content (AvgIpc) is 3.35. The summed E-state index contributed by atoms with van der Waals surface area (Å²) in [6, 6.07) is 15.3. The van der Waals surface area contributed by atoms with Gasteiger partial charge in [0.2, 0.25) is 5.91 Å². The molecule has 2 atom stereocenters. The van der Waals surface area contributed by atoms with Crippen molar-refractivity contribution < 1.29 is 24.2 Å². The van der Waals surface area contributed by atoms with Crippen molar-refractivity contribution in [1.82, 2.24) is 10.3 Å². The maximum absolute atomic E-state index is 12.7. The second-order valence-electron chi connectivity index (χ2n) is 9.99. The molecule has 2 amide bonds. The number of aliphatic hydroxyl groups is 1. The highest BCUT2D eigenvalue weighted by molar-refractivity contribution is 7.14. The lowest BCUT2D eigenvalue weighted by atomic mass is 9.79. The molecule has 2 aliphatic heterocycles. The van der Waals surface area contributed by atoms with Gasteiger partial charge in [0.25, 0.3) is 5.91 Å². The van der Waals surface area contributed by atoms with Crippen LogP contribution in [0.1, 0.15) is 29.8 Å². The molecular weight excluding hydrogens is 504 g/mol. The highest BCUT2D eigenvalue weighted by Gasteiger charge is 2.40. The molecule has 200 valence electrons. The zero-order chi connectivity index (χ0) is 26.7. The van der Waals surface area contributed by atoms with E-state index in [4.69, 9.17) is 9.47 Å². The van der Waals surface area contributed by atoms with Crippen LogP contribution in [0, 0.1) is 0 Å². The Morgan fingerprint density at radius 1 is 1.13 bits per heavy atom. The molecule has 0 unspecified atom stereocenters. The van der Waals surface area contributed by atoms with Crippen molar-refractivity contribution in [3.8, 4) is 11.3 Å². The van der Waals surface area contributed by atoms with E-state index >= 15 is 0 Å². The van der Waals surface area contributed by atoms with Gasteiger partial charge in [0.1, 0.15) is 0 Å². The fourth-order valence-electron chi connectivity index (χ4n) is 4.83. The van der Waals surface area contributed by atoms with Crippen molar-refractivity contribution in [2.45, 2.75) is 31.5 Å². The maximum atomic E-state index is 12.7. The average molecular weight is 537 g/mol. The van der Waals surface area contributed by atoms with Gasteiger partial charge in [-0.25, -0.2) is 4.98 Å². The highest BCUT2D eigenvalue weighted by Crippen LogP contribution is 2.32. The van der Waals surface area contributed by atoms with E-state index in [1.807, 2.05) is 23.6 Å². The number of hydrogen-bond donors (Lipinski definition) is 3. The largest absolute Gasteiger partial charge is 0.395 e. The second kappa shape index (κ2) is 11.2. The molecule has 38 heavy (non-hydrogen) atoms. The number of benzene rings is 2. The van der Waals surface area contributed by atoms with Crippen LogP contribution in [-0.4, -0.2) is 73.6 Å². The van der Waals surface area contributed by atoms with Crippen molar-refractivity contribution in [2.75, 3.05) is 49.7 Å². The zero-order valence-electron chi connectivity index (χ0n) is 21.5. The van der Waals surface area contributed by atoms with Crippen molar-refractivity contribution >= 4 is 34.0 Å². The maximum Gasteiger partial charge on any atom is 0.251 e. The van der Waals surface area contributed by atoms with E-state index in [-0.39, 0.29) is 37.2 Å². The Morgan fingerprint density at radius 2 is 1.89 bits per heavy atom. The summed E-state index contributed by atoms with van der Waals surface area (Å²) in [7, 11) is 0. The van der Waals surface area contributed by atoms with Crippen LogP contribution in [-0.2, 0) is 19.7 Å². The van der Waals surface area contributed by atoms with Crippen LogP contribution in [0.15, 0.2) is 53.9 Å². The third-order valence-electron chi connectivity index (χ3n) is 6.88. The molecule has 0 aliphatic carbocycles. The predicted molar refractivity (Wildman–Crippen MR) is 147 cm³/mol. The van der Waals surface area contributed by atoms with Gasteiger partial charge in [-0.2, -0.15) is 0 Å². The molecule has 1 aromatic heterocycles. The first-order valence-electron chi connectivity index (χ1n) is 12.7. The first kappa shape index (κ1) is 26.3. The number of aliphatic hydroxyl groups excluding tert-OH is 1. The molecule has 5 rings (SSSR count). The van der Waals surface area contributed by atoms with E-state index in [2.05, 4.69) is 46.5 Å². The first-order valence-corrected chi connectivity index (χ1v) is 13.6. The van der Waals surface area contributed by atoms with Gasteiger partial charge < -0.3 is 30.1 Å².